The summed E-state index contributed by atoms with van der Waals surface area (Å²) in [4.78, 5) is 0.215. The molecule has 0 saturated carbocycles. The van der Waals surface area contributed by atoms with Gasteiger partial charge >= 0.3 is 0 Å². The number of halogens is 2. The van der Waals surface area contributed by atoms with E-state index in [0.717, 1.165) is 6.07 Å². The molecule has 2 N–H and O–H groups in total. The van der Waals surface area contributed by atoms with Crippen LogP contribution < -0.4 is 5.73 Å². The normalized spacial score (nSPS) is 11.6. The van der Waals surface area contributed by atoms with Crippen LogP contribution >= 0.6 is 11.6 Å². The molecule has 0 bridgehead atoms. The largest absolute Gasteiger partial charge is 0.399 e. The van der Waals surface area contributed by atoms with E-state index in [2.05, 4.69) is 0 Å². The van der Waals surface area contributed by atoms with Crippen LogP contribution in [-0.4, -0.2) is 8.42 Å². The fraction of sp³-hybridized carbons (Fsp3) is 0.143. The van der Waals surface area contributed by atoms with E-state index >= 15 is 0 Å². The second-order valence-electron chi connectivity index (χ2n) is 4.53. The minimum absolute atomic E-state index is 0.0910. The lowest BCUT2D eigenvalue weighted by molar-refractivity contribution is 0.594. The summed E-state index contributed by atoms with van der Waals surface area (Å²) in [6, 6.07) is 8.50. The van der Waals surface area contributed by atoms with E-state index in [1.54, 1.807) is 13.0 Å². The van der Waals surface area contributed by atoms with Crippen molar-refractivity contribution in [2.24, 2.45) is 0 Å². The van der Waals surface area contributed by atoms with Gasteiger partial charge in [-0.3, -0.25) is 0 Å². The number of nitrogens with two attached hydrogens (primary N) is 1. The number of aryl methyl sites for hydroxylation is 1. The van der Waals surface area contributed by atoms with Gasteiger partial charge in [-0.05, 0) is 48.4 Å². The molecule has 0 aromatic heterocycles. The van der Waals surface area contributed by atoms with Crippen LogP contribution in [0.5, 0.6) is 0 Å². The third kappa shape index (κ3) is 3.11. The number of benzene rings is 2. The van der Waals surface area contributed by atoms with Gasteiger partial charge in [0, 0.05) is 5.69 Å². The van der Waals surface area contributed by atoms with E-state index in [0.29, 0.717) is 16.8 Å². The average Bonchev–Trinajstić information content (AvgIpc) is 2.33. The van der Waals surface area contributed by atoms with E-state index < -0.39 is 15.7 Å². The number of nitrogen functional groups attached to an aromatic ring is 1. The van der Waals surface area contributed by atoms with Crippen molar-refractivity contribution >= 4 is 27.1 Å². The molecule has 2 aromatic rings. The molecule has 0 spiro atoms. The molecule has 0 radical (unpaired) electrons. The summed E-state index contributed by atoms with van der Waals surface area (Å²) in [5.74, 6) is -0.811. The molecule has 6 heteroatoms. The summed E-state index contributed by atoms with van der Waals surface area (Å²) >= 11 is 5.65. The van der Waals surface area contributed by atoms with Gasteiger partial charge in [0.05, 0.1) is 15.7 Å². The van der Waals surface area contributed by atoms with Gasteiger partial charge in [0.15, 0.2) is 9.84 Å². The Labute approximate surface area is 122 Å². The lowest BCUT2D eigenvalue weighted by Gasteiger charge is -2.09. The van der Waals surface area contributed by atoms with E-state index in [1.165, 1.54) is 24.3 Å². The highest BCUT2D eigenvalue weighted by atomic mass is 35.5. The maximum absolute atomic E-state index is 13.1. The molecule has 0 amide bonds. The molecule has 20 heavy (non-hydrogen) atoms. The summed E-state index contributed by atoms with van der Waals surface area (Å²) in [6.07, 6.45) is 0. The SMILES string of the molecule is Cc1cc(N)ccc1S(=O)(=O)Cc1ccc(F)c(Cl)c1. The number of hydrogen-bond acceptors (Lipinski definition) is 3. The van der Waals surface area contributed by atoms with Crippen LogP contribution in [0.2, 0.25) is 5.02 Å². The van der Waals surface area contributed by atoms with Crippen molar-refractivity contribution in [3.63, 3.8) is 0 Å². The van der Waals surface area contributed by atoms with Gasteiger partial charge in [-0.15, -0.1) is 0 Å². The van der Waals surface area contributed by atoms with Gasteiger partial charge in [-0.25, -0.2) is 12.8 Å². The topological polar surface area (TPSA) is 60.2 Å². The Morgan fingerprint density at radius 3 is 2.50 bits per heavy atom. The molecule has 3 nitrogen and oxygen atoms in total. The summed E-state index contributed by atoms with van der Waals surface area (Å²) in [7, 11) is -3.53. The van der Waals surface area contributed by atoms with E-state index in [-0.39, 0.29) is 15.7 Å². The third-order valence-corrected chi connectivity index (χ3v) is 5.01. The number of anilines is 1. The Morgan fingerprint density at radius 2 is 1.90 bits per heavy atom. The molecule has 2 aromatic carbocycles. The minimum atomic E-state index is -3.53. The molecule has 0 aliphatic heterocycles. The monoisotopic (exact) mass is 313 g/mol. The first-order chi connectivity index (χ1) is 9.29. The maximum atomic E-state index is 13.1. The van der Waals surface area contributed by atoms with Crippen LogP contribution in [0.3, 0.4) is 0 Å². The smallest absolute Gasteiger partial charge is 0.182 e. The van der Waals surface area contributed by atoms with Crippen LogP contribution in [0.15, 0.2) is 41.3 Å². The van der Waals surface area contributed by atoms with Crippen molar-refractivity contribution in [2.45, 2.75) is 17.6 Å². The van der Waals surface area contributed by atoms with Crippen LogP contribution in [0.1, 0.15) is 11.1 Å². The Balaban J connectivity index is 2.38. The molecule has 0 saturated heterocycles. The van der Waals surface area contributed by atoms with Crippen LogP contribution in [-0.2, 0) is 15.6 Å². The Morgan fingerprint density at radius 1 is 1.20 bits per heavy atom. The fourth-order valence-corrected chi connectivity index (χ4v) is 3.75. The van der Waals surface area contributed by atoms with Crippen LogP contribution in [0, 0.1) is 12.7 Å². The zero-order chi connectivity index (χ0) is 14.9. The quantitative estimate of drug-likeness (QED) is 0.884. The number of hydrogen-bond donors (Lipinski definition) is 1. The Hall–Kier alpha value is -1.59. The molecule has 0 heterocycles. The standard InChI is InChI=1S/C14H13ClFNO2S/c1-9-6-11(17)3-5-14(9)20(18,19)8-10-2-4-13(16)12(15)7-10/h2-7H,8,17H2,1H3. The Bertz CT molecular complexity index is 760. The highest BCUT2D eigenvalue weighted by molar-refractivity contribution is 7.90. The van der Waals surface area contributed by atoms with Crippen molar-refractivity contribution in [1.29, 1.82) is 0 Å². The number of rotatable bonds is 3. The average molecular weight is 314 g/mol. The molecular weight excluding hydrogens is 301 g/mol. The zero-order valence-electron chi connectivity index (χ0n) is 10.7. The van der Waals surface area contributed by atoms with Gasteiger partial charge in [-0.2, -0.15) is 0 Å². The fourth-order valence-electron chi connectivity index (χ4n) is 1.95. The molecule has 0 unspecified atom stereocenters. The predicted molar refractivity (Wildman–Crippen MR) is 77.9 cm³/mol. The Kier molecular flexibility index (Phi) is 4.01. The van der Waals surface area contributed by atoms with Crippen molar-refractivity contribution in [3.05, 3.63) is 58.4 Å². The molecular formula is C14H13ClFNO2S. The van der Waals surface area contributed by atoms with Crippen LogP contribution in [0.4, 0.5) is 10.1 Å². The predicted octanol–water partition coefficient (Wildman–Crippen LogP) is 3.34. The molecule has 0 fully saturated rings. The first-order valence-electron chi connectivity index (χ1n) is 5.82. The molecule has 2 rings (SSSR count). The molecule has 0 aliphatic rings. The van der Waals surface area contributed by atoms with Gasteiger partial charge < -0.3 is 5.73 Å². The second kappa shape index (κ2) is 5.42. The highest BCUT2D eigenvalue weighted by Gasteiger charge is 2.18. The van der Waals surface area contributed by atoms with E-state index in [4.69, 9.17) is 17.3 Å². The van der Waals surface area contributed by atoms with Gasteiger partial charge in [0.25, 0.3) is 0 Å². The van der Waals surface area contributed by atoms with Crippen LogP contribution in [0.25, 0.3) is 0 Å². The molecule has 0 atom stereocenters. The van der Waals surface area contributed by atoms with E-state index in [1.807, 2.05) is 0 Å². The second-order valence-corrected chi connectivity index (χ2v) is 6.90. The number of sulfone groups is 1. The lowest BCUT2D eigenvalue weighted by Crippen LogP contribution is -2.07. The minimum Gasteiger partial charge on any atom is -0.399 e. The van der Waals surface area contributed by atoms with Crippen molar-refractivity contribution in [2.75, 3.05) is 5.73 Å². The first-order valence-corrected chi connectivity index (χ1v) is 7.85. The van der Waals surface area contributed by atoms with Crippen molar-refractivity contribution in [1.82, 2.24) is 0 Å². The first kappa shape index (κ1) is 14.8. The van der Waals surface area contributed by atoms with Crippen molar-refractivity contribution in [3.8, 4) is 0 Å². The third-order valence-electron chi connectivity index (χ3n) is 2.87. The zero-order valence-corrected chi connectivity index (χ0v) is 12.3. The maximum Gasteiger partial charge on any atom is 0.182 e. The van der Waals surface area contributed by atoms with Gasteiger partial charge in [0.2, 0.25) is 0 Å². The highest BCUT2D eigenvalue weighted by Crippen LogP contribution is 2.24. The van der Waals surface area contributed by atoms with Gasteiger partial charge in [-0.1, -0.05) is 17.7 Å². The van der Waals surface area contributed by atoms with Crippen molar-refractivity contribution < 1.29 is 12.8 Å². The molecule has 0 aliphatic carbocycles. The molecule has 106 valence electrons. The summed E-state index contributed by atoms with van der Waals surface area (Å²) in [6.45, 7) is 1.68. The summed E-state index contributed by atoms with van der Waals surface area (Å²) in [5.41, 5.74) is 7.13. The summed E-state index contributed by atoms with van der Waals surface area (Å²) in [5, 5.41) is -0.0910. The van der Waals surface area contributed by atoms with Gasteiger partial charge in [0.1, 0.15) is 5.82 Å². The summed E-state index contributed by atoms with van der Waals surface area (Å²) < 4.78 is 37.8. The lowest BCUT2D eigenvalue weighted by atomic mass is 10.2. The van der Waals surface area contributed by atoms with E-state index in [9.17, 15) is 12.8 Å².